The number of pyridine rings is 6. The minimum absolute atomic E-state index is 0. The van der Waals surface area contributed by atoms with E-state index in [0.29, 0.717) is 0 Å². The van der Waals surface area contributed by atoms with Gasteiger partial charge in [0.1, 0.15) is 16.7 Å². The van der Waals surface area contributed by atoms with E-state index in [9.17, 15) is 0 Å². The molecule has 8 aromatic carbocycles. The molecule has 8 aromatic heterocycles. The van der Waals surface area contributed by atoms with E-state index >= 15 is 0 Å². The number of rotatable bonds is 6. The van der Waals surface area contributed by atoms with Gasteiger partial charge in [-0.25, -0.2) is 0 Å². The summed E-state index contributed by atoms with van der Waals surface area (Å²) < 4.78 is 12.0. The normalized spacial score (nSPS) is 9.92. The number of aryl methyl sites for hydroxylation is 4. The Balaban J connectivity index is 0.000000162. The number of para-hydroxylation sites is 3. The molecule has 0 unspecified atom stereocenters. The summed E-state index contributed by atoms with van der Waals surface area (Å²) in [5, 5.41) is 18.5. The zero-order valence-electron chi connectivity index (χ0n) is 53.9. The first-order valence-corrected chi connectivity index (χ1v) is 30.4. The molecule has 0 bridgehead atoms. The van der Waals surface area contributed by atoms with Gasteiger partial charge in [-0.2, -0.15) is 0 Å². The van der Waals surface area contributed by atoms with Crippen LogP contribution in [-0.2, 0) is 40.2 Å². The second-order valence-corrected chi connectivity index (χ2v) is 20.7. The maximum absolute atomic E-state index is 7.00. The molecule has 12 heteroatoms. The number of fused-ring (bicyclic) bond motifs is 6. The van der Waals surface area contributed by atoms with Gasteiger partial charge < -0.3 is 44.0 Å². The van der Waals surface area contributed by atoms with E-state index in [1.165, 1.54) is 0 Å². The van der Waals surface area contributed by atoms with Gasteiger partial charge in [-0.15, -0.1) is 162 Å². The van der Waals surface area contributed by atoms with Crippen molar-refractivity contribution in [1.82, 2.24) is 29.9 Å². The monoisotopic (exact) mass is 1610 g/mol. The molecular formula is C84H69Ir2N6O4-2. The fourth-order valence-corrected chi connectivity index (χ4v) is 9.85. The van der Waals surface area contributed by atoms with Crippen molar-refractivity contribution in [1.29, 1.82) is 0 Å². The molecule has 10 nitrogen and oxygen atoms in total. The largest absolute Gasteiger partial charge is 3.00 e. The maximum Gasteiger partial charge on any atom is 3.00 e. The van der Waals surface area contributed by atoms with Crippen LogP contribution in [0.25, 0.3) is 111 Å². The van der Waals surface area contributed by atoms with Gasteiger partial charge in [0.05, 0.1) is 11.3 Å². The molecule has 0 saturated carbocycles. The summed E-state index contributed by atoms with van der Waals surface area (Å²) in [6.07, 6.45) is 3.58. The van der Waals surface area contributed by atoms with Crippen molar-refractivity contribution in [2.24, 2.45) is 0 Å². The molecule has 16 rings (SSSR count). The third-order valence-electron chi connectivity index (χ3n) is 14.1. The van der Waals surface area contributed by atoms with E-state index < -0.39 is 0 Å². The Bertz CT molecular complexity index is 4420. The smallest absolute Gasteiger partial charge is 0.501 e. The van der Waals surface area contributed by atoms with Crippen LogP contribution in [0.15, 0.2) is 306 Å². The number of aliphatic hydroxyl groups excluding tert-OH is 2. The minimum Gasteiger partial charge on any atom is -0.501 e. The van der Waals surface area contributed by atoms with Crippen LogP contribution in [0.5, 0.6) is 0 Å². The molecule has 0 saturated heterocycles. The van der Waals surface area contributed by atoms with E-state index in [1.54, 1.807) is 12.4 Å². The van der Waals surface area contributed by atoms with Crippen LogP contribution in [0.1, 0.15) is 22.8 Å². The third kappa shape index (κ3) is 20.2. The first-order chi connectivity index (χ1) is 46.3. The van der Waals surface area contributed by atoms with Gasteiger partial charge >= 0.3 is 20.1 Å². The van der Waals surface area contributed by atoms with Crippen LogP contribution in [0.2, 0.25) is 0 Å². The van der Waals surface area contributed by atoms with Gasteiger partial charge in [0.25, 0.3) is 0 Å². The standard InChI is InChI=1S/C17H11NO.C17H10NO.4C12H10N.2CH4O.2Ir/c2*1-2-10-16-12(6-1)13-7-5-8-14(17(13)19-16)15-9-3-4-11-18-15;4*1-10-6-5-9-12(13-10)11-7-3-2-4-8-11;2*1-2;;/h1-11H;1-7,9-11H;4*2-7,9H,1H3;2*2H,1H3;;/q;5*-1;;;;+3. The topological polar surface area (TPSA) is 144 Å². The van der Waals surface area contributed by atoms with Gasteiger partial charge in [0.2, 0.25) is 0 Å². The van der Waals surface area contributed by atoms with E-state index in [-0.39, 0.29) is 40.2 Å². The molecule has 16 aromatic rings. The van der Waals surface area contributed by atoms with E-state index in [1.807, 2.05) is 295 Å². The average molecular weight is 1610 g/mol. The number of furan rings is 2. The molecule has 0 spiro atoms. The average Bonchev–Trinajstić information content (AvgIpc) is 1.64. The molecule has 0 atom stereocenters. The van der Waals surface area contributed by atoms with Crippen molar-refractivity contribution in [2.45, 2.75) is 27.7 Å². The fraction of sp³-hybridized carbons (Fsp3) is 0.0714. The van der Waals surface area contributed by atoms with Gasteiger partial charge in [-0.1, -0.05) is 126 Å². The van der Waals surface area contributed by atoms with Crippen molar-refractivity contribution in [3.63, 3.8) is 0 Å². The molecule has 2 N–H and O–H groups in total. The van der Waals surface area contributed by atoms with Crippen LogP contribution < -0.4 is 0 Å². The van der Waals surface area contributed by atoms with Crippen LogP contribution in [0.3, 0.4) is 0 Å². The van der Waals surface area contributed by atoms with Gasteiger partial charge in [0.15, 0.2) is 0 Å². The van der Waals surface area contributed by atoms with Crippen LogP contribution in [-0.4, -0.2) is 54.3 Å². The van der Waals surface area contributed by atoms with Crippen LogP contribution >= 0.6 is 0 Å². The minimum atomic E-state index is 0. The van der Waals surface area contributed by atoms with Gasteiger partial charge in [-0.3, -0.25) is 4.98 Å². The maximum atomic E-state index is 7.00. The number of aliphatic hydroxyl groups is 2. The number of benzene rings is 8. The second-order valence-electron chi connectivity index (χ2n) is 20.7. The van der Waals surface area contributed by atoms with Crippen molar-refractivity contribution in [3.05, 3.63) is 351 Å². The Morgan fingerprint density at radius 1 is 0.281 bits per heavy atom. The number of nitrogens with zero attached hydrogens (tertiary/aromatic N) is 6. The predicted molar refractivity (Wildman–Crippen MR) is 382 cm³/mol. The third-order valence-corrected chi connectivity index (χ3v) is 14.1. The molecule has 0 aliphatic heterocycles. The summed E-state index contributed by atoms with van der Waals surface area (Å²) >= 11 is 0. The SMILES string of the molecule is CO.CO.Cc1cccc(-c2[c-]cccc2)n1.Cc1cccc(-c2[c-]cccc2)n1.Cc1cccc(-c2[c-]cccc2)n1.Cc1cccc(-c2[c-]cccc2)n1.[Ir+3].[Ir].[c-]1ccc2c(oc3ccccc32)c1-c1ccccn1.c1ccc(-c2cccc3c2oc2ccccc23)nc1. The molecule has 0 amide bonds. The summed E-state index contributed by atoms with van der Waals surface area (Å²) in [6.45, 7) is 7.97. The van der Waals surface area contributed by atoms with E-state index in [2.05, 4.69) is 78.4 Å². The molecule has 0 aliphatic rings. The summed E-state index contributed by atoms with van der Waals surface area (Å²) in [6, 6.07) is 109. The molecule has 0 fully saturated rings. The van der Waals surface area contributed by atoms with Crippen LogP contribution in [0, 0.1) is 58.0 Å². The summed E-state index contributed by atoms with van der Waals surface area (Å²) in [5.74, 6) is 0. The summed E-state index contributed by atoms with van der Waals surface area (Å²) in [5.41, 5.74) is 19.6. The molecule has 8 heterocycles. The Morgan fingerprint density at radius 3 is 0.969 bits per heavy atom. The Kier molecular flexibility index (Phi) is 29.3. The second kappa shape index (κ2) is 38.6. The van der Waals surface area contributed by atoms with Crippen molar-refractivity contribution >= 4 is 43.9 Å². The number of hydrogen-bond acceptors (Lipinski definition) is 10. The molecule has 96 heavy (non-hydrogen) atoms. The summed E-state index contributed by atoms with van der Waals surface area (Å²) in [4.78, 5) is 26.4. The number of aromatic nitrogens is 6. The zero-order valence-corrected chi connectivity index (χ0v) is 58.6. The predicted octanol–water partition coefficient (Wildman–Crippen LogP) is 19.7. The van der Waals surface area contributed by atoms with E-state index in [4.69, 9.17) is 19.0 Å². The van der Waals surface area contributed by atoms with Crippen molar-refractivity contribution in [2.75, 3.05) is 14.2 Å². The first-order valence-electron chi connectivity index (χ1n) is 30.4. The first kappa shape index (κ1) is 72.9. The van der Waals surface area contributed by atoms with Crippen molar-refractivity contribution in [3.8, 4) is 67.5 Å². The summed E-state index contributed by atoms with van der Waals surface area (Å²) in [7, 11) is 2.00. The van der Waals surface area contributed by atoms with Gasteiger partial charge in [-0.05, 0) is 117 Å². The van der Waals surface area contributed by atoms with Crippen LogP contribution in [0.4, 0.5) is 0 Å². The number of hydrogen-bond donors (Lipinski definition) is 2. The Morgan fingerprint density at radius 2 is 0.604 bits per heavy atom. The molecule has 479 valence electrons. The molecule has 0 aliphatic carbocycles. The molecular weight excluding hydrogens is 1540 g/mol. The zero-order chi connectivity index (χ0) is 65.7. The molecule has 1 radical (unpaired) electrons. The Hall–Kier alpha value is -10.5. The van der Waals surface area contributed by atoms with Crippen molar-refractivity contribution < 1.29 is 59.3 Å². The fourth-order valence-electron chi connectivity index (χ4n) is 9.85. The quantitative estimate of drug-likeness (QED) is 0.154. The van der Waals surface area contributed by atoms with E-state index in [0.717, 1.165) is 148 Å². The Labute approximate surface area is 588 Å². The van der Waals surface area contributed by atoms with Gasteiger partial charge in [0, 0.05) is 91.2 Å².